The molecule has 0 aromatic carbocycles. The molecule has 0 radical (unpaired) electrons. The van der Waals surface area contributed by atoms with Crippen LogP contribution >= 0.6 is 0 Å². The Kier molecular flexibility index (Phi) is 7.34. The maximum Gasteiger partial charge on any atom is 0.184 e. The molecule has 0 aromatic heterocycles. The van der Waals surface area contributed by atoms with Gasteiger partial charge >= 0.3 is 0 Å². The van der Waals surface area contributed by atoms with E-state index < -0.39 is 16.6 Å². The van der Waals surface area contributed by atoms with E-state index in [1.807, 2.05) is 0 Å². The maximum absolute atomic E-state index is 6.68. The SMILES string of the molecule is CON=C1C[C@@]2(C)C(CC[C@@H]2[C@@H](C)O[Si](C)(C)C)C2CC[C@@H]3C[C@H](O[Si](C)(C)C)CC[C@]3(C)C12. The fourth-order valence-corrected chi connectivity index (χ4v) is 11.8. The number of nitrogens with zero attached hydrogens (tertiary/aromatic N) is 1. The van der Waals surface area contributed by atoms with Gasteiger partial charge in [0.1, 0.15) is 7.11 Å². The number of fused-ring (bicyclic) bond motifs is 5. The Hall–Kier alpha value is -0.176. The Morgan fingerprint density at radius 2 is 1.62 bits per heavy atom. The normalized spacial score (nSPS) is 44.8. The lowest BCUT2D eigenvalue weighted by Gasteiger charge is -2.61. The third-order valence-electron chi connectivity index (χ3n) is 10.2. The molecule has 196 valence electrons. The van der Waals surface area contributed by atoms with Gasteiger partial charge in [0.2, 0.25) is 0 Å². The van der Waals surface area contributed by atoms with Crippen molar-refractivity contribution in [2.24, 2.45) is 45.6 Å². The number of oxime groups is 1. The van der Waals surface area contributed by atoms with Crippen molar-refractivity contribution in [3.8, 4) is 0 Å². The molecule has 0 heterocycles. The number of hydrogen-bond acceptors (Lipinski definition) is 4. The van der Waals surface area contributed by atoms with Gasteiger partial charge in [0, 0.05) is 18.1 Å². The second kappa shape index (κ2) is 9.29. The summed E-state index contributed by atoms with van der Waals surface area (Å²) in [4.78, 5) is 5.56. The van der Waals surface area contributed by atoms with E-state index in [2.05, 4.69) is 60.1 Å². The van der Waals surface area contributed by atoms with Gasteiger partial charge in [-0.2, -0.15) is 0 Å². The molecular weight excluding hydrogens is 454 g/mol. The Labute approximate surface area is 212 Å². The largest absolute Gasteiger partial charge is 0.415 e. The van der Waals surface area contributed by atoms with Crippen molar-refractivity contribution >= 4 is 22.3 Å². The summed E-state index contributed by atoms with van der Waals surface area (Å²) in [5.41, 5.74) is 1.98. The van der Waals surface area contributed by atoms with E-state index in [0.29, 0.717) is 29.5 Å². The molecule has 9 atom stereocenters. The topological polar surface area (TPSA) is 40.0 Å². The van der Waals surface area contributed by atoms with E-state index in [9.17, 15) is 0 Å². The van der Waals surface area contributed by atoms with Crippen molar-refractivity contribution in [1.82, 2.24) is 0 Å². The molecule has 4 nitrogen and oxygen atoms in total. The Balaban J connectivity index is 1.60. The lowest BCUT2D eigenvalue weighted by Crippen LogP contribution is -2.58. The molecule has 6 heteroatoms. The minimum atomic E-state index is -1.57. The monoisotopic (exact) mass is 507 g/mol. The van der Waals surface area contributed by atoms with E-state index in [1.54, 1.807) is 7.11 Å². The van der Waals surface area contributed by atoms with Crippen molar-refractivity contribution in [3.63, 3.8) is 0 Å². The summed E-state index contributed by atoms with van der Waals surface area (Å²) in [7, 11) is -1.32. The molecule has 4 fully saturated rings. The van der Waals surface area contributed by atoms with Gasteiger partial charge in [0.15, 0.2) is 16.6 Å². The summed E-state index contributed by atoms with van der Waals surface area (Å²) in [6, 6.07) is 0. The van der Waals surface area contributed by atoms with Crippen LogP contribution in [0.15, 0.2) is 5.16 Å². The van der Waals surface area contributed by atoms with Crippen LogP contribution in [0.4, 0.5) is 0 Å². The molecule has 4 aliphatic rings. The van der Waals surface area contributed by atoms with Crippen molar-refractivity contribution in [3.05, 3.63) is 0 Å². The molecule has 0 bridgehead atoms. The third-order valence-corrected chi connectivity index (χ3v) is 12.3. The highest BCUT2D eigenvalue weighted by Gasteiger charge is 2.63. The van der Waals surface area contributed by atoms with Crippen LogP contribution in [0.2, 0.25) is 39.3 Å². The predicted molar refractivity (Wildman–Crippen MR) is 147 cm³/mol. The molecule has 34 heavy (non-hydrogen) atoms. The van der Waals surface area contributed by atoms with Crippen molar-refractivity contribution in [2.75, 3.05) is 7.11 Å². The molecule has 4 aliphatic carbocycles. The van der Waals surface area contributed by atoms with Crippen LogP contribution in [0.1, 0.15) is 72.1 Å². The van der Waals surface area contributed by atoms with Crippen molar-refractivity contribution in [1.29, 1.82) is 0 Å². The number of hydrogen-bond donors (Lipinski definition) is 0. The fourth-order valence-electron chi connectivity index (χ4n) is 9.33. The van der Waals surface area contributed by atoms with Gasteiger partial charge in [0.05, 0.1) is 5.71 Å². The fraction of sp³-hybridized carbons (Fsp3) is 0.964. The minimum Gasteiger partial charge on any atom is -0.415 e. The van der Waals surface area contributed by atoms with Crippen LogP contribution in [0, 0.1) is 40.4 Å². The van der Waals surface area contributed by atoms with E-state index in [-0.39, 0.29) is 5.41 Å². The second-order valence-electron chi connectivity index (χ2n) is 14.7. The highest BCUT2D eigenvalue weighted by Crippen LogP contribution is 2.67. The second-order valence-corrected chi connectivity index (χ2v) is 23.6. The van der Waals surface area contributed by atoms with Crippen LogP contribution in [-0.4, -0.2) is 41.7 Å². The highest BCUT2D eigenvalue weighted by molar-refractivity contribution is 6.70. The van der Waals surface area contributed by atoms with Crippen molar-refractivity contribution < 1.29 is 13.7 Å². The first-order valence-corrected chi connectivity index (χ1v) is 20.9. The smallest absolute Gasteiger partial charge is 0.184 e. The summed E-state index contributed by atoms with van der Waals surface area (Å²) in [6.07, 6.45) is 11.0. The Morgan fingerprint density at radius 1 is 0.912 bits per heavy atom. The molecule has 0 aromatic rings. The average Bonchev–Trinajstić information content (AvgIpc) is 3.02. The van der Waals surface area contributed by atoms with Crippen LogP contribution in [0.3, 0.4) is 0 Å². The van der Waals surface area contributed by atoms with E-state index in [1.165, 1.54) is 50.7 Å². The van der Waals surface area contributed by atoms with Gasteiger partial charge < -0.3 is 13.7 Å². The molecule has 3 unspecified atom stereocenters. The van der Waals surface area contributed by atoms with Crippen LogP contribution in [0.25, 0.3) is 0 Å². The molecule has 4 rings (SSSR count). The Bertz CT molecular complexity index is 775. The summed E-state index contributed by atoms with van der Waals surface area (Å²) in [6.45, 7) is 21.6. The Morgan fingerprint density at radius 3 is 2.24 bits per heavy atom. The standard InChI is InChI=1S/C28H53NO3Si2/c1-19(31-33(5,6)7)23-13-14-24-22-12-11-20-17-21(32-34(8,9)10)15-16-27(20,2)26(22)25(29-30-4)18-28(23,24)3/h19-24,26H,11-18H2,1-10H3/t19-,20-,21-,22?,23-,24?,26?,27+,28-/m1/s1. The molecule has 0 amide bonds. The predicted octanol–water partition coefficient (Wildman–Crippen LogP) is 7.72. The van der Waals surface area contributed by atoms with Gasteiger partial charge in [-0.1, -0.05) is 19.0 Å². The molecule has 4 saturated carbocycles. The highest BCUT2D eigenvalue weighted by atomic mass is 28.4. The summed E-state index contributed by atoms with van der Waals surface area (Å²) in [5, 5.41) is 4.82. The molecule has 0 aliphatic heterocycles. The summed E-state index contributed by atoms with van der Waals surface area (Å²) in [5.74, 6) is 3.48. The summed E-state index contributed by atoms with van der Waals surface area (Å²) >= 11 is 0. The summed E-state index contributed by atoms with van der Waals surface area (Å²) < 4.78 is 13.3. The molecule has 0 spiro atoms. The van der Waals surface area contributed by atoms with Gasteiger partial charge in [-0.3, -0.25) is 0 Å². The van der Waals surface area contributed by atoms with E-state index in [0.717, 1.165) is 24.2 Å². The quantitative estimate of drug-likeness (QED) is 0.273. The zero-order valence-electron chi connectivity index (χ0n) is 23.9. The van der Waals surface area contributed by atoms with Gasteiger partial charge in [-0.05, 0) is 132 Å². The maximum atomic E-state index is 6.68. The van der Waals surface area contributed by atoms with Crippen LogP contribution < -0.4 is 0 Å². The van der Waals surface area contributed by atoms with E-state index in [4.69, 9.17) is 18.8 Å². The first-order valence-electron chi connectivity index (χ1n) is 14.1. The van der Waals surface area contributed by atoms with Crippen molar-refractivity contribution in [2.45, 2.75) is 124 Å². The first-order chi connectivity index (χ1) is 15.7. The van der Waals surface area contributed by atoms with Crippen LogP contribution in [0.5, 0.6) is 0 Å². The first kappa shape index (κ1) is 26.9. The van der Waals surface area contributed by atoms with Crippen LogP contribution in [-0.2, 0) is 13.7 Å². The third kappa shape index (κ3) is 4.99. The van der Waals surface area contributed by atoms with E-state index >= 15 is 0 Å². The zero-order chi connectivity index (χ0) is 25.1. The zero-order valence-corrected chi connectivity index (χ0v) is 25.9. The van der Waals surface area contributed by atoms with Gasteiger partial charge in [0.25, 0.3) is 0 Å². The molecule has 0 saturated heterocycles. The molecular formula is C28H53NO3Si2. The average molecular weight is 508 g/mol. The lowest BCUT2D eigenvalue weighted by molar-refractivity contribution is -0.0867. The van der Waals surface area contributed by atoms with Gasteiger partial charge in [-0.15, -0.1) is 0 Å². The molecule has 0 N–H and O–H groups in total. The lowest BCUT2D eigenvalue weighted by atomic mass is 9.44. The number of rotatable bonds is 6. The minimum absolute atomic E-state index is 0.277. The van der Waals surface area contributed by atoms with Gasteiger partial charge in [-0.25, -0.2) is 0 Å².